The molecule has 2 N–H and O–H groups in total. The van der Waals surface area contributed by atoms with Crippen LogP contribution >= 0.6 is 0 Å². The number of ether oxygens (including phenoxy) is 1. The normalized spacial score (nSPS) is 22.8. The monoisotopic (exact) mass is 393 g/mol. The standard InChI is InChI=1S/C20H19N5O4/c26-18(16-5-6-29-24-16)22-10-20-7-15(9-28-20)25(11-20)19(27)14-3-1-13(2-4-14)17-8-21-12-23-17/h1-6,8,12,15H,7,9-11H2,(H,21,23)(H,22,26). The maximum atomic E-state index is 13.0. The average Bonchev–Trinajstić information content (AvgIpc) is 3.55. The largest absolute Gasteiger partial charge is 0.369 e. The number of likely N-dealkylation sites (tertiary alicyclic amines) is 1. The van der Waals surface area contributed by atoms with Crippen molar-refractivity contribution in [3.8, 4) is 11.3 Å². The molecular formula is C20H19N5O4. The third kappa shape index (κ3) is 3.19. The van der Waals surface area contributed by atoms with Crippen LogP contribution in [0.3, 0.4) is 0 Å². The van der Waals surface area contributed by atoms with Crippen LogP contribution < -0.4 is 5.32 Å². The SMILES string of the molecule is O=C(NCC12CC(CO1)N(C(=O)c1ccc(-c3cnc[nH]3)cc1)C2)c1ccon1. The van der Waals surface area contributed by atoms with E-state index in [9.17, 15) is 9.59 Å². The lowest BCUT2D eigenvalue weighted by molar-refractivity contribution is -0.0361. The van der Waals surface area contributed by atoms with Crippen molar-refractivity contribution >= 4 is 11.8 Å². The number of nitrogens with one attached hydrogen (secondary N) is 2. The molecule has 2 fully saturated rings. The lowest BCUT2D eigenvalue weighted by Crippen LogP contribution is -2.50. The van der Waals surface area contributed by atoms with Crippen molar-refractivity contribution in [2.24, 2.45) is 0 Å². The molecule has 0 aliphatic carbocycles. The fourth-order valence-electron chi connectivity index (χ4n) is 4.02. The molecule has 2 bridgehead atoms. The van der Waals surface area contributed by atoms with Crippen molar-refractivity contribution in [1.29, 1.82) is 0 Å². The Morgan fingerprint density at radius 1 is 1.28 bits per heavy atom. The van der Waals surface area contributed by atoms with Crippen LogP contribution in [-0.4, -0.2) is 63.2 Å². The number of benzene rings is 1. The third-order valence-corrected chi connectivity index (χ3v) is 5.53. The lowest BCUT2D eigenvalue weighted by atomic mass is 10.0. The number of carbonyl (C=O) groups is 2. The molecular weight excluding hydrogens is 374 g/mol. The molecule has 2 unspecified atom stereocenters. The molecule has 2 aromatic heterocycles. The summed E-state index contributed by atoms with van der Waals surface area (Å²) in [5, 5.41) is 6.46. The smallest absolute Gasteiger partial charge is 0.273 e. The highest BCUT2D eigenvalue weighted by Gasteiger charge is 2.52. The van der Waals surface area contributed by atoms with Gasteiger partial charge in [0.05, 0.1) is 37.4 Å². The van der Waals surface area contributed by atoms with E-state index >= 15 is 0 Å². The van der Waals surface area contributed by atoms with Gasteiger partial charge in [0.2, 0.25) is 0 Å². The van der Waals surface area contributed by atoms with Gasteiger partial charge < -0.3 is 24.5 Å². The van der Waals surface area contributed by atoms with Crippen molar-refractivity contribution < 1.29 is 18.8 Å². The first-order valence-corrected chi connectivity index (χ1v) is 9.36. The van der Waals surface area contributed by atoms with Crippen molar-refractivity contribution in [3.63, 3.8) is 0 Å². The van der Waals surface area contributed by atoms with E-state index in [0.29, 0.717) is 31.7 Å². The number of nitrogens with zero attached hydrogens (tertiary/aromatic N) is 3. The molecule has 5 rings (SSSR count). The summed E-state index contributed by atoms with van der Waals surface area (Å²) in [6.07, 6.45) is 5.41. The molecule has 2 saturated heterocycles. The van der Waals surface area contributed by atoms with E-state index in [2.05, 4.69) is 20.4 Å². The van der Waals surface area contributed by atoms with E-state index < -0.39 is 5.60 Å². The van der Waals surface area contributed by atoms with Crippen LogP contribution in [0.2, 0.25) is 0 Å². The van der Waals surface area contributed by atoms with Crippen molar-refractivity contribution in [3.05, 3.63) is 60.4 Å². The highest BCUT2D eigenvalue weighted by Crippen LogP contribution is 2.38. The molecule has 3 aromatic rings. The average molecular weight is 393 g/mol. The quantitative estimate of drug-likeness (QED) is 0.679. The third-order valence-electron chi connectivity index (χ3n) is 5.53. The van der Waals surface area contributed by atoms with E-state index in [0.717, 1.165) is 11.3 Å². The van der Waals surface area contributed by atoms with Gasteiger partial charge in [-0.15, -0.1) is 0 Å². The zero-order valence-electron chi connectivity index (χ0n) is 15.5. The zero-order valence-corrected chi connectivity index (χ0v) is 15.5. The lowest BCUT2D eigenvalue weighted by Gasteiger charge is -2.33. The maximum Gasteiger partial charge on any atom is 0.273 e. The van der Waals surface area contributed by atoms with Crippen LogP contribution in [0, 0.1) is 0 Å². The minimum absolute atomic E-state index is 0.0127. The Labute approximate surface area is 166 Å². The number of aromatic amines is 1. The van der Waals surface area contributed by atoms with E-state index in [1.165, 1.54) is 12.3 Å². The number of imidazole rings is 1. The molecule has 2 amide bonds. The van der Waals surface area contributed by atoms with Gasteiger partial charge in [-0.1, -0.05) is 17.3 Å². The molecule has 0 saturated carbocycles. The van der Waals surface area contributed by atoms with E-state index in [1.54, 1.807) is 12.5 Å². The van der Waals surface area contributed by atoms with Gasteiger partial charge in [0, 0.05) is 24.6 Å². The second-order valence-electron chi connectivity index (χ2n) is 7.40. The number of hydrogen-bond donors (Lipinski definition) is 2. The molecule has 2 aliphatic rings. The first-order valence-electron chi connectivity index (χ1n) is 9.36. The van der Waals surface area contributed by atoms with Crippen LogP contribution in [0.1, 0.15) is 27.3 Å². The molecule has 9 nitrogen and oxygen atoms in total. The van der Waals surface area contributed by atoms with Crippen molar-refractivity contribution in [1.82, 2.24) is 25.3 Å². The summed E-state index contributed by atoms with van der Waals surface area (Å²) in [6.45, 7) is 1.23. The van der Waals surface area contributed by atoms with Crippen LogP contribution in [0.5, 0.6) is 0 Å². The number of morpholine rings is 1. The molecule has 2 atom stereocenters. The number of H-pyrrole nitrogens is 1. The zero-order chi connectivity index (χ0) is 19.8. The Bertz CT molecular complexity index is 1020. The minimum Gasteiger partial charge on any atom is -0.369 e. The van der Waals surface area contributed by atoms with Gasteiger partial charge in [0.25, 0.3) is 11.8 Å². The highest BCUT2D eigenvalue weighted by atomic mass is 16.5. The van der Waals surface area contributed by atoms with Gasteiger partial charge in [-0.05, 0) is 17.7 Å². The van der Waals surface area contributed by atoms with Gasteiger partial charge in [0.15, 0.2) is 5.69 Å². The molecule has 0 spiro atoms. The molecule has 1 aromatic carbocycles. The van der Waals surface area contributed by atoms with E-state index in [4.69, 9.17) is 9.26 Å². The summed E-state index contributed by atoms with van der Waals surface area (Å²) in [7, 11) is 0. The second-order valence-corrected chi connectivity index (χ2v) is 7.40. The second kappa shape index (κ2) is 6.85. The molecule has 9 heteroatoms. The summed E-state index contributed by atoms with van der Waals surface area (Å²) < 4.78 is 10.6. The number of aromatic nitrogens is 3. The van der Waals surface area contributed by atoms with Gasteiger partial charge in [-0.25, -0.2) is 4.98 Å². The summed E-state index contributed by atoms with van der Waals surface area (Å²) in [5.74, 6) is -0.349. The highest BCUT2D eigenvalue weighted by molar-refractivity contribution is 5.95. The minimum atomic E-state index is -0.560. The van der Waals surface area contributed by atoms with Crippen molar-refractivity contribution in [2.45, 2.75) is 18.1 Å². The summed E-state index contributed by atoms with van der Waals surface area (Å²) in [5.41, 5.74) is 2.16. The fraction of sp³-hybridized carbons (Fsp3) is 0.300. The van der Waals surface area contributed by atoms with Crippen LogP contribution in [0.25, 0.3) is 11.3 Å². The van der Waals surface area contributed by atoms with E-state index in [-0.39, 0.29) is 23.6 Å². The number of carbonyl (C=O) groups excluding carboxylic acids is 2. The Kier molecular flexibility index (Phi) is 4.17. The Balaban J connectivity index is 1.25. The van der Waals surface area contributed by atoms with Gasteiger partial charge in [0.1, 0.15) is 11.9 Å². The first-order chi connectivity index (χ1) is 14.1. The van der Waals surface area contributed by atoms with Gasteiger partial charge in [-0.2, -0.15) is 0 Å². The Hall–Kier alpha value is -3.46. The topological polar surface area (TPSA) is 113 Å². The number of hydrogen-bond acceptors (Lipinski definition) is 6. The summed E-state index contributed by atoms with van der Waals surface area (Å²) in [6, 6.07) is 8.97. The fourth-order valence-corrected chi connectivity index (χ4v) is 4.02. The maximum absolute atomic E-state index is 13.0. The van der Waals surface area contributed by atoms with E-state index in [1.807, 2.05) is 29.2 Å². The van der Waals surface area contributed by atoms with Crippen molar-refractivity contribution in [2.75, 3.05) is 19.7 Å². The molecule has 148 valence electrons. The number of amides is 2. The molecule has 0 radical (unpaired) electrons. The summed E-state index contributed by atoms with van der Waals surface area (Å²) >= 11 is 0. The Morgan fingerprint density at radius 3 is 2.86 bits per heavy atom. The predicted molar refractivity (Wildman–Crippen MR) is 101 cm³/mol. The Morgan fingerprint density at radius 2 is 2.14 bits per heavy atom. The first kappa shape index (κ1) is 17.6. The number of fused-ring (bicyclic) bond motifs is 2. The molecule has 29 heavy (non-hydrogen) atoms. The van der Waals surface area contributed by atoms with Crippen LogP contribution in [0.4, 0.5) is 0 Å². The number of rotatable bonds is 5. The van der Waals surface area contributed by atoms with Crippen LogP contribution in [-0.2, 0) is 4.74 Å². The van der Waals surface area contributed by atoms with Gasteiger partial charge in [-0.3, -0.25) is 9.59 Å². The molecule has 2 aliphatic heterocycles. The van der Waals surface area contributed by atoms with Crippen LogP contribution in [0.15, 0.2) is 53.6 Å². The summed E-state index contributed by atoms with van der Waals surface area (Å²) in [4.78, 5) is 34.1. The predicted octanol–water partition coefficient (Wildman–Crippen LogP) is 1.48. The van der Waals surface area contributed by atoms with Gasteiger partial charge >= 0.3 is 0 Å². The molecule has 4 heterocycles.